The number of para-hydroxylation sites is 2. The number of rotatable bonds is 3. The molecule has 0 atom stereocenters. The molecule has 0 radical (unpaired) electrons. The van der Waals surface area contributed by atoms with Crippen molar-refractivity contribution in [1.82, 2.24) is 19.2 Å². The number of piperazine rings is 1. The van der Waals surface area contributed by atoms with Gasteiger partial charge in [0.25, 0.3) is 11.5 Å². The van der Waals surface area contributed by atoms with Crippen LogP contribution >= 0.6 is 11.6 Å². The first-order valence-corrected chi connectivity index (χ1v) is 12.3. The van der Waals surface area contributed by atoms with Crippen molar-refractivity contribution in [2.24, 2.45) is 7.05 Å². The summed E-state index contributed by atoms with van der Waals surface area (Å²) < 4.78 is 3.14. The third-order valence-electron chi connectivity index (χ3n) is 6.89. The smallest absolute Gasteiger partial charge is 0.296 e. The number of benzene rings is 3. The zero-order chi connectivity index (χ0) is 24.8. The molecule has 2 aromatic heterocycles. The molecule has 7 nitrogen and oxygen atoms in total. The SMILES string of the molecule is Cn1c2cc(Cl)ccc2c2c(C(=O)N3CCN(c4ccccc4)CC3)nn(-c3ccccc3)c(=O)c21. The van der Waals surface area contributed by atoms with Gasteiger partial charge in [0.2, 0.25) is 0 Å². The second kappa shape index (κ2) is 8.84. The van der Waals surface area contributed by atoms with E-state index in [1.54, 1.807) is 6.07 Å². The average molecular weight is 498 g/mol. The van der Waals surface area contributed by atoms with E-state index < -0.39 is 0 Å². The van der Waals surface area contributed by atoms with Crippen LogP contribution in [0, 0.1) is 0 Å². The van der Waals surface area contributed by atoms with Crippen LogP contribution in [0.1, 0.15) is 10.5 Å². The highest BCUT2D eigenvalue weighted by molar-refractivity contribution is 6.31. The molecule has 0 aliphatic carbocycles. The minimum Gasteiger partial charge on any atom is -0.368 e. The van der Waals surface area contributed by atoms with Crippen molar-refractivity contribution in [2.75, 3.05) is 31.1 Å². The van der Waals surface area contributed by atoms with Gasteiger partial charge in [-0.1, -0.05) is 54.1 Å². The topological polar surface area (TPSA) is 63.4 Å². The maximum Gasteiger partial charge on any atom is 0.296 e. The van der Waals surface area contributed by atoms with Crippen molar-refractivity contribution < 1.29 is 4.79 Å². The lowest BCUT2D eigenvalue weighted by molar-refractivity contribution is 0.0741. The molecule has 8 heteroatoms. The molecular formula is C28H24ClN5O2. The summed E-state index contributed by atoms with van der Waals surface area (Å²) in [5.74, 6) is -0.181. The van der Waals surface area contributed by atoms with Crippen LogP contribution < -0.4 is 10.5 Å². The van der Waals surface area contributed by atoms with Crippen LogP contribution in [0.4, 0.5) is 5.69 Å². The summed E-state index contributed by atoms with van der Waals surface area (Å²) in [6.07, 6.45) is 0. The standard InChI is InChI=1S/C28H24ClN5O2/c1-31-23-18-19(29)12-13-22(23)24-25(30-34(28(36)26(24)31)21-10-6-3-7-11-21)27(35)33-16-14-32(15-17-33)20-8-4-2-5-9-20/h2-13,18H,14-17H2,1H3. The number of hydrogen-bond acceptors (Lipinski definition) is 4. The average Bonchev–Trinajstić information content (AvgIpc) is 3.22. The predicted molar refractivity (Wildman–Crippen MR) is 143 cm³/mol. The van der Waals surface area contributed by atoms with E-state index in [0.717, 1.165) is 29.7 Å². The fourth-order valence-electron chi connectivity index (χ4n) is 5.05. The lowest BCUT2D eigenvalue weighted by Crippen LogP contribution is -2.49. The number of carbonyl (C=O) groups is 1. The summed E-state index contributed by atoms with van der Waals surface area (Å²) in [6.45, 7) is 2.58. The molecule has 3 heterocycles. The Morgan fingerprint density at radius 1 is 0.861 bits per heavy atom. The molecule has 1 aliphatic rings. The first-order chi connectivity index (χ1) is 17.5. The fraction of sp³-hybridized carbons (Fsp3) is 0.179. The normalized spacial score (nSPS) is 14.1. The molecule has 0 saturated carbocycles. The van der Waals surface area contributed by atoms with Crippen molar-refractivity contribution >= 4 is 45.0 Å². The Morgan fingerprint density at radius 3 is 2.17 bits per heavy atom. The van der Waals surface area contributed by atoms with Crippen LogP contribution in [0.25, 0.3) is 27.5 Å². The second-order valence-electron chi connectivity index (χ2n) is 8.96. The van der Waals surface area contributed by atoms with E-state index in [2.05, 4.69) is 22.1 Å². The van der Waals surface area contributed by atoms with Crippen LogP contribution in [0.5, 0.6) is 0 Å². The van der Waals surface area contributed by atoms with Crippen LogP contribution in [0.3, 0.4) is 0 Å². The molecule has 6 rings (SSSR count). The Hall–Kier alpha value is -4.10. The van der Waals surface area contributed by atoms with E-state index in [9.17, 15) is 9.59 Å². The van der Waals surface area contributed by atoms with E-state index in [1.807, 2.05) is 77.2 Å². The Labute approximate surface area is 212 Å². The molecule has 0 unspecified atom stereocenters. The van der Waals surface area contributed by atoms with Crippen molar-refractivity contribution in [3.63, 3.8) is 0 Å². The lowest BCUT2D eigenvalue weighted by Gasteiger charge is -2.36. The Morgan fingerprint density at radius 2 is 1.50 bits per heavy atom. The van der Waals surface area contributed by atoms with Gasteiger partial charge in [0, 0.05) is 54.7 Å². The molecule has 0 bridgehead atoms. The molecular weight excluding hydrogens is 474 g/mol. The predicted octanol–water partition coefficient (Wildman–Crippen LogP) is 4.49. The maximum atomic E-state index is 14.0. The zero-order valence-corrected chi connectivity index (χ0v) is 20.5. The van der Waals surface area contributed by atoms with Gasteiger partial charge in [-0.2, -0.15) is 9.78 Å². The number of amides is 1. The number of hydrogen-bond donors (Lipinski definition) is 0. The second-order valence-corrected chi connectivity index (χ2v) is 9.40. The van der Waals surface area contributed by atoms with E-state index in [0.29, 0.717) is 34.7 Å². The summed E-state index contributed by atoms with van der Waals surface area (Å²) >= 11 is 6.28. The highest BCUT2D eigenvalue weighted by Gasteiger charge is 2.29. The highest BCUT2D eigenvalue weighted by Crippen LogP contribution is 2.31. The lowest BCUT2D eigenvalue weighted by atomic mass is 10.1. The van der Waals surface area contributed by atoms with Gasteiger partial charge in [0.15, 0.2) is 5.69 Å². The Balaban J connectivity index is 1.48. The van der Waals surface area contributed by atoms with Gasteiger partial charge in [-0.05, 0) is 36.4 Å². The summed E-state index contributed by atoms with van der Waals surface area (Å²) in [6, 6.07) is 24.9. The number of nitrogens with zero attached hydrogens (tertiary/aromatic N) is 5. The molecule has 0 spiro atoms. The Bertz CT molecular complexity index is 1650. The largest absolute Gasteiger partial charge is 0.368 e. The third kappa shape index (κ3) is 3.63. The number of halogens is 1. The minimum atomic E-state index is -0.281. The molecule has 180 valence electrons. The third-order valence-corrected chi connectivity index (χ3v) is 7.12. The van der Waals surface area contributed by atoms with Crippen molar-refractivity contribution in [2.45, 2.75) is 0 Å². The molecule has 0 N–H and O–H groups in total. The van der Waals surface area contributed by atoms with Gasteiger partial charge in [-0.25, -0.2) is 0 Å². The van der Waals surface area contributed by atoms with Crippen LogP contribution in [0.15, 0.2) is 83.7 Å². The van der Waals surface area contributed by atoms with E-state index in [-0.39, 0.29) is 17.2 Å². The zero-order valence-electron chi connectivity index (χ0n) is 19.8. The number of fused-ring (bicyclic) bond motifs is 3. The van der Waals surface area contributed by atoms with Gasteiger partial charge in [-0.15, -0.1) is 0 Å². The van der Waals surface area contributed by atoms with Crippen LogP contribution in [0.2, 0.25) is 5.02 Å². The van der Waals surface area contributed by atoms with Gasteiger partial charge >= 0.3 is 0 Å². The monoisotopic (exact) mass is 497 g/mol. The quantitative estimate of drug-likeness (QED) is 0.368. The summed E-state index contributed by atoms with van der Waals surface area (Å²) in [5, 5.41) is 6.58. The summed E-state index contributed by atoms with van der Waals surface area (Å²) in [5.41, 5.74) is 2.96. The highest BCUT2D eigenvalue weighted by atomic mass is 35.5. The van der Waals surface area contributed by atoms with Gasteiger partial charge in [-0.3, -0.25) is 9.59 Å². The molecule has 1 fully saturated rings. The number of aromatic nitrogens is 3. The molecule has 1 amide bonds. The van der Waals surface area contributed by atoms with Crippen molar-refractivity contribution in [3.8, 4) is 5.69 Å². The van der Waals surface area contributed by atoms with E-state index in [4.69, 9.17) is 11.6 Å². The molecule has 5 aromatic rings. The fourth-order valence-corrected chi connectivity index (χ4v) is 5.21. The van der Waals surface area contributed by atoms with Crippen molar-refractivity contribution in [1.29, 1.82) is 0 Å². The number of aryl methyl sites for hydroxylation is 1. The van der Waals surface area contributed by atoms with E-state index in [1.165, 1.54) is 4.68 Å². The first-order valence-electron chi connectivity index (χ1n) is 11.9. The number of anilines is 1. The van der Waals surface area contributed by atoms with Gasteiger partial charge in [0.05, 0.1) is 11.2 Å². The molecule has 1 aliphatic heterocycles. The first kappa shape index (κ1) is 22.4. The minimum absolute atomic E-state index is 0.181. The maximum absolute atomic E-state index is 14.0. The molecule has 36 heavy (non-hydrogen) atoms. The van der Waals surface area contributed by atoms with Crippen LogP contribution in [-0.4, -0.2) is 51.3 Å². The number of carbonyl (C=O) groups excluding carboxylic acids is 1. The Kier molecular flexibility index (Phi) is 5.49. The van der Waals surface area contributed by atoms with Crippen molar-refractivity contribution in [3.05, 3.63) is 99.9 Å². The van der Waals surface area contributed by atoms with Crippen LogP contribution in [-0.2, 0) is 7.05 Å². The molecule has 3 aromatic carbocycles. The van der Waals surface area contributed by atoms with Gasteiger partial charge < -0.3 is 14.4 Å². The van der Waals surface area contributed by atoms with Gasteiger partial charge in [0.1, 0.15) is 5.52 Å². The van der Waals surface area contributed by atoms with E-state index >= 15 is 0 Å². The summed E-state index contributed by atoms with van der Waals surface area (Å²) in [4.78, 5) is 31.7. The molecule has 1 saturated heterocycles. The summed E-state index contributed by atoms with van der Waals surface area (Å²) in [7, 11) is 1.82.